The van der Waals surface area contributed by atoms with Crippen molar-refractivity contribution in [1.29, 1.82) is 0 Å². The summed E-state index contributed by atoms with van der Waals surface area (Å²) in [5.74, 6) is 0.0878. The first kappa shape index (κ1) is 26.8. The monoisotopic (exact) mass is 460 g/mol. The van der Waals surface area contributed by atoms with E-state index in [4.69, 9.17) is 13.6 Å². The van der Waals surface area contributed by atoms with E-state index in [0.29, 0.717) is 17.9 Å². The van der Waals surface area contributed by atoms with Crippen LogP contribution in [0.2, 0.25) is 39.3 Å². The van der Waals surface area contributed by atoms with E-state index in [2.05, 4.69) is 45.9 Å². The zero-order chi connectivity index (χ0) is 22.5. The zero-order valence-electron chi connectivity index (χ0n) is 20.0. The number of aliphatic hydroxyl groups excluding tert-OH is 1. The highest BCUT2D eigenvalue weighted by Gasteiger charge is 2.36. The maximum absolute atomic E-state index is 11.7. The minimum Gasteiger partial charge on any atom is -0.456 e. The second kappa shape index (κ2) is 10.9. The van der Waals surface area contributed by atoms with Gasteiger partial charge in [-0.2, -0.15) is 0 Å². The van der Waals surface area contributed by atoms with Gasteiger partial charge >= 0.3 is 5.97 Å². The fourth-order valence-corrected chi connectivity index (χ4v) is 11.1. The molecule has 1 aliphatic rings. The van der Waals surface area contributed by atoms with Crippen molar-refractivity contribution >= 4 is 32.8 Å². The maximum Gasteiger partial charge on any atom is 0.333 e. The van der Waals surface area contributed by atoms with Gasteiger partial charge in [-0.1, -0.05) is 19.4 Å². The third-order valence-corrected chi connectivity index (χ3v) is 8.82. The first-order valence-electron chi connectivity index (χ1n) is 11.1. The lowest BCUT2D eigenvalue weighted by atomic mass is 9.82. The molecule has 0 aromatic rings. The summed E-state index contributed by atoms with van der Waals surface area (Å²) in [7, 11) is -2.47. The lowest BCUT2D eigenvalue weighted by Gasteiger charge is -2.41. The van der Waals surface area contributed by atoms with E-state index in [-0.39, 0.29) is 11.5 Å². The molecule has 0 aliphatic heterocycles. The highest BCUT2D eigenvalue weighted by molar-refractivity contribution is 6.71. The standard InChI is InChI=1S/C21H44O5Si3/c1-16(2)20(23)24-19-13-12-17(15-18(19)22)11-9-10-14-21(27,25-28(3,4)5)26-29(6,7)8/h17-19,22H,1,9-15H2,2-8,27H3. The number of unbranched alkanes of at least 4 members (excludes halogenated alkanes) is 1. The third-order valence-electron chi connectivity index (χ3n) is 5.01. The molecular formula is C21H44O5Si3. The maximum atomic E-state index is 11.7. The minimum absolute atomic E-state index is 0.358. The van der Waals surface area contributed by atoms with Crippen LogP contribution in [0, 0.1) is 5.92 Å². The predicted molar refractivity (Wildman–Crippen MR) is 128 cm³/mol. The molecule has 1 aliphatic carbocycles. The fourth-order valence-electron chi connectivity index (χ4n) is 4.14. The van der Waals surface area contributed by atoms with Gasteiger partial charge in [0.2, 0.25) is 0 Å². The predicted octanol–water partition coefficient (Wildman–Crippen LogP) is 3.92. The molecule has 0 bridgehead atoms. The van der Waals surface area contributed by atoms with Crippen molar-refractivity contribution in [1.82, 2.24) is 0 Å². The van der Waals surface area contributed by atoms with Gasteiger partial charge in [-0.05, 0) is 84.2 Å². The number of esters is 1. The van der Waals surface area contributed by atoms with E-state index in [1.165, 1.54) is 0 Å². The fraction of sp³-hybridized carbons (Fsp3) is 0.857. The topological polar surface area (TPSA) is 65.0 Å². The van der Waals surface area contributed by atoms with Crippen LogP contribution < -0.4 is 0 Å². The van der Waals surface area contributed by atoms with Crippen LogP contribution in [0.3, 0.4) is 0 Å². The number of ether oxygens (including phenoxy) is 1. The van der Waals surface area contributed by atoms with Crippen molar-refractivity contribution in [3.8, 4) is 0 Å². The molecule has 0 saturated heterocycles. The summed E-state index contributed by atoms with van der Waals surface area (Å²) < 4.78 is 18.4. The second-order valence-corrected chi connectivity index (χ2v) is 21.2. The third kappa shape index (κ3) is 11.1. The molecule has 1 saturated carbocycles. The Labute approximate surface area is 183 Å². The average Bonchev–Trinajstić information content (AvgIpc) is 2.50. The van der Waals surface area contributed by atoms with Gasteiger partial charge in [0.1, 0.15) is 11.5 Å². The number of carbonyl (C=O) groups excluding carboxylic acids is 1. The van der Waals surface area contributed by atoms with Crippen molar-refractivity contribution in [2.45, 2.75) is 109 Å². The van der Waals surface area contributed by atoms with Crippen LogP contribution in [0.4, 0.5) is 0 Å². The van der Waals surface area contributed by atoms with E-state index >= 15 is 0 Å². The highest BCUT2D eigenvalue weighted by Crippen LogP contribution is 2.32. The molecule has 5 nitrogen and oxygen atoms in total. The van der Waals surface area contributed by atoms with E-state index < -0.39 is 28.7 Å². The van der Waals surface area contributed by atoms with Gasteiger partial charge in [0.15, 0.2) is 16.6 Å². The molecule has 1 N–H and O–H groups in total. The van der Waals surface area contributed by atoms with Gasteiger partial charge in [-0.25, -0.2) is 4.79 Å². The zero-order valence-corrected chi connectivity index (χ0v) is 24.0. The Morgan fingerprint density at radius 1 is 1.10 bits per heavy atom. The van der Waals surface area contributed by atoms with Gasteiger partial charge in [-0.15, -0.1) is 0 Å². The summed E-state index contributed by atoms with van der Waals surface area (Å²) in [6.07, 6.45) is 5.72. The molecule has 0 spiro atoms. The normalized spacial score (nSPS) is 23.8. The average molecular weight is 461 g/mol. The Bertz CT molecular complexity index is 538. The van der Waals surface area contributed by atoms with E-state index in [0.717, 1.165) is 48.8 Å². The van der Waals surface area contributed by atoms with Crippen molar-refractivity contribution in [2.24, 2.45) is 5.92 Å². The molecule has 0 heterocycles. The molecule has 170 valence electrons. The summed E-state index contributed by atoms with van der Waals surface area (Å²) in [5, 5.41) is 10.4. The largest absolute Gasteiger partial charge is 0.456 e. The van der Waals surface area contributed by atoms with Crippen molar-refractivity contribution in [2.75, 3.05) is 0 Å². The summed E-state index contributed by atoms with van der Waals surface area (Å²) in [6.45, 7) is 18.6. The van der Waals surface area contributed by atoms with Crippen LogP contribution in [-0.2, 0) is 18.4 Å². The summed E-state index contributed by atoms with van der Waals surface area (Å²) in [5.41, 5.74) is 0.0232. The first-order chi connectivity index (χ1) is 13.1. The smallest absolute Gasteiger partial charge is 0.333 e. The molecule has 29 heavy (non-hydrogen) atoms. The van der Waals surface area contributed by atoms with Crippen LogP contribution in [0.25, 0.3) is 0 Å². The molecule has 0 aromatic heterocycles. The number of hydrogen-bond donors (Lipinski definition) is 1. The van der Waals surface area contributed by atoms with Crippen LogP contribution in [0.5, 0.6) is 0 Å². The van der Waals surface area contributed by atoms with Crippen molar-refractivity contribution in [3.63, 3.8) is 0 Å². The summed E-state index contributed by atoms with van der Waals surface area (Å²) in [6, 6.07) is 0. The van der Waals surface area contributed by atoms with E-state index in [1.807, 2.05) is 0 Å². The van der Waals surface area contributed by atoms with Crippen LogP contribution in [0.15, 0.2) is 12.2 Å². The molecule has 8 heteroatoms. The quantitative estimate of drug-likeness (QED) is 0.166. The molecule has 0 amide bonds. The Morgan fingerprint density at radius 3 is 2.10 bits per heavy atom. The molecule has 0 radical (unpaired) electrons. The lowest BCUT2D eigenvalue weighted by Crippen LogP contribution is -2.50. The van der Waals surface area contributed by atoms with Gasteiger partial charge in [0, 0.05) is 5.57 Å². The first-order valence-corrected chi connectivity index (χ1v) is 18.9. The lowest BCUT2D eigenvalue weighted by molar-refractivity contribution is -0.154. The van der Waals surface area contributed by atoms with E-state index in [1.54, 1.807) is 6.92 Å². The molecule has 1 fully saturated rings. The van der Waals surface area contributed by atoms with Crippen LogP contribution in [0.1, 0.15) is 51.9 Å². The summed E-state index contributed by atoms with van der Waals surface area (Å²) in [4.78, 5) is 11.7. The molecule has 1 rings (SSSR count). The molecule has 0 aromatic carbocycles. The van der Waals surface area contributed by atoms with Crippen LogP contribution in [-0.4, -0.2) is 55.6 Å². The molecule has 3 unspecified atom stereocenters. The van der Waals surface area contributed by atoms with E-state index in [9.17, 15) is 9.90 Å². The van der Waals surface area contributed by atoms with Gasteiger partial charge in [-0.3, -0.25) is 0 Å². The Morgan fingerprint density at radius 2 is 1.66 bits per heavy atom. The Hall–Kier alpha value is -0.259. The Balaban J connectivity index is 2.46. The number of carbonyl (C=O) groups is 1. The highest BCUT2D eigenvalue weighted by atomic mass is 28.4. The van der Waals surface area contributed by atoms with Gasteiger partial charge < -0.3 is 18.7 Å². The second-order valence-electron chi connectivity index (χ2n) is 10.8. The number of hydrogen-bond acceptors (Lipinski definition) is 5. The van der Waals surface area contributed by atoms with Gasteiger partial charge in [0.25, 0.3) is 0 Å². The molecule has 3 atom stereocenters. The summed E-state index contributed by atoms with van der Waals surface area (Å²) >= 11 is 0. The van der Waals surface area contributed by atoms with Crippen molar-refractivity contribution in [3.05, 3.63) is 12.2 Å². The number of rotatable bonds is 11. The SMILES string of the molecule is C=C(C)C(=O)OC1CCC(CCCCC([SiH3])(O[Si](C)(C)C)O[Si](C)(C)C)CC1O. The van der Waals surface area contributed by atoms with Gasteiger partial charge in [0.05, 0.1) is 16.3 Å². The van der Waals surface area contributed by atoms with Crippen LogP contribution >= 0.6 is 0 Å². The molecular weight excluding hydrogens is 416 g/mol. The number of aliphatic hydroxyl groups is 1. The Kier molecular flexibility index (Phi) is 10.0. The van der Waals surface area contributed by atoms with Crippen molar-refractivity contribution < 1.29 is 23.5 Å². The minimum atomic E-state index is -1.67.